The minimum Gasteiger partial charge on any atom is -0.381 e. The fourth-order valence-corrected chi connectivity index (χ4v) is 2.68. The summed E-state index contributed by atoms with van der Waals surface area (Å²) in [7, 11) is 1.81. The maximum Gasteiger partial charge on any atom is 0.257 e. The third-order valence-electron chi connectivity index (χ3n) is 4.01. The van der Waals surface area contributed by atoms with Crippen molar-refractivity contribution in [3.8, 4) is 0 Å². The average molecular weight is 300 g/mol. The Kier molecular flexibility index (Phi) is 4.48. The second-order valence-electron chi connectivity index (χ2n) is 5.56. The molecule has 0 radical (unpaired) electrons. The number of hydrogen-bond acceptors (Lipinski definition) is 4. The summed E-state index contributed by atoms with van der Waals surface area (Å²) in [5.41, 5.74) is 2.53. The molecule has 1 aliphatic rings. The Labute approximate surface area is 129 Å². The number of likely N-dealkylation sites (N-methyl/N-ethyl adjacent to an activating group) is 1. The van der Waals surface area contributed by atoms with Gasteiger partial charge in [-0.15, -0.1) is 0 Å². The Bertz CT molecular complexity index is 620. The monoisotopic (exact) mass is 300 g/mol. The highest BCUT2D eigenvalue weighted by molar-refractivity contribution is 5.95. The maximum atomic E-state index is 12.6. The van der Waals surface area contributed by atoms with Crippen LogP contribution >= 0.6 is 0 Å². The number of amides is 1. The number of carbonyl (C=O) groups is 1. The number of nitrogens with zero attached hydrogens (tertiary/aromatic N) is 3. The predicted octanol–water partition coefficient (Wildman–Crippen LogP) is 1.62. The van der Waals surface area contributed by atoms with E-state index >= 15 is 0 Å². The van der Waals surface area contributed by atoms with E-state index in [1.807, 2.05) is 25.2 Å². The summed E-state index contributed by atoms with van der Waals surface area (Å²) in [6.45, 7) is 2.02. The molecule has 116 valence electrons. The Balaban J connectivity index is 1.64. The van der Waals surface area contributed by atoms with Gasteiger partial charge in [-0.25, -0.2) is 0 Å². The fraction of sp³-hybridized carbons (Fsp3) is 0.438. The van der Waals surface area contributed by atoms with Gasteiger partial charge in [0.2, 0.25) is 0 Å². The molecule has 3 rings (SSSR count). The van der Waals surface area contributed by atoms with E-state index in [2.05, 4.69) is 15.2 Å². The summed E-state index contributed by atoms with van der Waals surface area (Å²) in [6.07, 6.45) is 5.06. The SMILES string of the molecule is CN(CCc1ccccn1)C(=O)c1cn[nH]c1C1CCOC1. The largest absolute Gasteiger partial charge is 0.381 e. The minimum absolute atomic E-state index is 0.00780. The highest BCUT2D eigenvalue weighted by Crippen LogP contribution is 2.26. The van der Waals surface area contributed by atoms with Crippen LogP contribution in [0.25, 0.3) is 0 Å². The third-order valence-corrected chi connectivity index (χ3v) is 4.01. The van der Waals surface area contributed by atoms with E-state index in [-0.39, 0.29) is 11.8 Å². The second-order valence-corrected chi connectivity index (χ2v) is 5.56. The quantitative estimate of drug-likeness (QED) is 0.911. The van der Waals surface area contributed by atoms with Crippen LogP contribution in [0.5, 0.6) is 0 Å². The molecule has 1 aliphatic heterocycles. The highest BCUT2D eigenvalue weighted by Gasteiger charge is 2.26. The summed E-state index contributed by atoms with van der Waals surface area (Å²) < 4.78 is 5.40. The molecule has 1 unspecified atom stereocenters. The van der Waals surface area contributed by atoms with Gasteiger partial charge < -0.3 is 9.64 Å². The molecular weight excluding hydrogens is 280 g/mol. The molecule has 0 aliphatic carbocycles. The van der Waals surface area contributed by atoms with Crippen molar-refractivity contribution in [2.45, 2.75) is 18.8 Å². The first-order chi connectivity index (χ1) is 10.8. The summed E-state index contributed by atoms with van der Waals surface area (Å²) >= 11 is 0. The van der Waals surface area contributed by atoms with E-state index in [1.54, 1.807) is 17.3 Å². The summed E-state index contributed by atoms with van der Waals surface area (Å²) in [4.78, 5) is 18.6. The van der Waals surface area contributed by atoms with Gasteiger partial charge in [-0.3, -0.25) is 14.9 Å². The van der Waals surface area contributed by atoms with Crippen molar-refractivity contribution in [2.24, 2.45) is 0 Å². The van der Waals surface area contributed by atoms with E-state index in [1.165, 1.54) is 0 Å². The van der Waals surface area contributed by atoms with Gasteiger partial charge in [-0.2, -0.15) is 5.10 Å². The maximum absolute atomic E-state index is 12.6. The van der Waals surface area contributed by atoms with Crippen LogP contribution in [-0.2, 0) is 11.2 Å². The van der Waals surface area contributed by atoms with Crippen LogP contribution in [0.4, 0.5) is 0 Å². The van der Waals surface area contributed by atoms with Gasteiger partial charge in [0.05, 0.1) is 24.1 Å². The van der Waals surface area contributed by atoms with Crippen LogP contribution < -0.4 is 0 Å². The van der Waals surface area contributed by atoms with Crippen LogP contribution in [0.15, 0.2) is 30.6 Å². The predicted molar refractivity (Wildman–Crippen MR) is 81.7 cm³/mol. The van der Waals surface area contributed by atoms with Crippen LogP contribution in [0.1, 0.15) is 34.1 Å². The topological polar surface area (TPSA) is 71.1 Å². The smallest absolute Gasteiger partial charge is 0.257 e. The van der Waals surface area contributed by atoms with Gasteiger partial charge in [0.1, 0.15) is 0 Å². The first-order valence-electron chi connectivity index (χ1n) is 7.52. The number of nitrogens with one attached hydrogen (secondary N) is 1. The van der Waals surface area contributed by atoms with Crippen molar-refractivity contribution in [1.29, 1.82) is 0 Å². The zero-order valence-electron chi connectivity index (χ0n) is 12.7. The molecule has 2 aromatic rings. The molecule has 1 atom stereocenters. The Morgan fingerprint density at radius 2 is 2.41 bits per heavy atom. The number of carbonyl (C=O) groups excluding carboxylic acids is 1. The normalized spacial score (nSPS) is 17.6. The van der Waals surface area contributed by atoms with E-state index in [0.717, 1.165) is 30.8 Å². The van der Waals surface area contributed by atoms with Crippen molar-refractivity contribution in [3.05, 3.63) is 47.5 Å². The molecule has 1 saturated heterocycles. The lowest BCUT2D eigenvalue weighted by molar-refractivity contribution is 0.0794. The van der Waals surface area contributed by atoms with E-state index in [4.69, 9.17) is 4.74 Å². The summed E-state index contributed by atoms with van der Waals surface area (Å²) in [5, 5.41) is 7.02. The molecule has 2 aromatic heterocycles. The van der Waals surface area contributed by atoms with Crippen molar-refractivity contribution >= 4 is 5.91 Å². The van der Waals surface area contributed by atoms with Gasteiger partial charge in [-0.05, 0) is 18.6 Å². The number of hydrogen-bond donors (Lipinski definition) is 1. The molecule has 0 saturated carbocycles. The number of rotatable bonds is 5. The number of aromatic nitrogens is 3. The molecule has 0 spiro atoms. The molecular formula is C16H20N4O2. The first kappa shape index (κ1) is 14.7. The van der Waals surface area contributed by atoms with Gasteiger partial charge in [0.15, 0.2) is 0 Å². The molecule has 1 fully saturated rings. The van der Waals surface area contributed by atoms with Gasteiger partial charge in [0.25, 0.3) is 5.91 Å². The highest BCUT2D eigenvalue weighted by atomic mass is 16.5. The van der Waals surface area contributed by atoms with Crippen molar-refractivity contribution < 1.29 is 9.53 Å². The molecule has 6 heteroatoms. The number of ether oxygens (including phenoxy) is 1. The van der Waals surface area contributed by atoms with Crippen LogP contribution in [0, 0.1) is 0 Å². The molecule has 22 heavy (non-hydrogen) atoms. The van der Waals surface area contributed by atoms with Crippen molar-refractivity contribution in [1.82, 2.24) is 20.1 Å². The van der Waals surface area contributed by atoms with Gasteiger partial charge in [0, 0.05) is 44.4 Å². The molecule has 0 aromatic carbocycles. The second kappa shape index (κ2) is 6.70. The van der Waals surface area contributed by atoms with Gasteiger partial charge >= 0.3 is 0 Å². The molecule has 0 bridgehead atoms. The molecule has 1 amide bonds. The van der Waals surface area contributed by atoms with E-state index in [0.29, 0.717) is 18.7 Å². The lowest BCUT2D eigenvalue weighted by Gasteiger charge is -2.18. The average Bonchev–Trinajstić information content (AvgIpc) is 3.23. The van der Waals surface area contributed by atoms with Crippen LogP contribution in [0.3, 0.4) is 0 Å². The number of aromatic amines is 1. The lowest BCUT2D eigenvalue weighted by atomic mass is 10.0. The van der Waals surface area contributed by atoms with Crippen LogP contribution in [-0.4, -0.2) is 52.8 Å². The Morgan fingerprint density at radius 3 is 3.14 bits per heavy atom. The minimum atomic E-state index is -0.00780. The van der Waals surface area contributed by atoms with Crippen molar-refractivity contribution in [2.75, 3.05) is 26.8 Å². The molecule has 3 heterocycles. The molecule has 1 N–H and O–H groups in total. The van der Waals surface area contributed by atoms with E-state index in [9.17, 15) is 4.79 Å². The Morgan fingerprint density at radius 1 is 1.50 bits per heavy atom. The number of pyridine rings is 1. The van der Waals surface area contributed by atoms with Crippen LogP contribution in [0.2, 0.25) is 0 Å². The summed E-state index contributed by atoms with van der Waals surface area (Å²) in [6, 6.07) is 5.82. The summed E-state index contributed by atoms with van der Waals surface area (Å²) in [5.74, 6) is 0.234. The molecule has 6 nitrogen and oxygen atoms in total. The van der Waals surface area contributed by atoms with E-state index < -0.39 is 0 Å². The van der Waals surface area contributed by atoms with Gasteiger partial charge in [-0.1, -0.05) is 6.07 Å². The lowest BCUT2D eigenvalue weighted by Crippen LogP contribution is -2.29. The zero-order chi connectivity index (χ0) is 15.4. The standard InChI is InChI=1S/C16H20N4O2/c1-20(8-5-13-4-2-3-7-17-13)16(21)14-10-18-19-15(14)12-6-9-22-11-12/h2-4,7,10,12H,5-6,8-9,11H2,1H3,(H,18,19). The number of H-pyrrole nitrogens is 1. The first-order valence-corrected chi connectivity index (χ1v) is 7.52. The fourth-order valence-electron chi connectivity index (χ4n) is 2.68. The zero-order valence-corrected chi connectivity index (χ0v) is 12.7. The Hall–Kier alpha value is -2.21. The third kappa shape index (κ3) is 3.17. The van der Waals surface area contributed by atoms with Crippen molar-refractivity contribution in [3.63, 3.8) is 0 Å².